The van der Waals surface area contributed by atoms with Crippen LogP contribution in [0.4, 0.5) is 4.39 Å². The Labute approximate surface area is 129 Å². The number of hydrogen-bond acceptors (Lipinski definition) is 3. The molecule has 4 nitrogen and oxygen atoms in total. The van der Waals surface area contributed by atoms with Crippen LogP contribution in [0.3, 0.4) is 0 Å². The Bertz CT molecular complexity index is 646. The van der Waals surface area contributed by atoms with Gasteiger partial charge in [-0.3, -0.25) is 4.79 Å². The lowest BCUT2D eigenvalue weighted by atomic mass is 10.1. The molecule has 0 radical (unpaired) electrons. The quantitative estimate of drug-likeness (QED) is 0.776. The van der Waals surface area contributed by atoms with Gasteiger partial charge >= 0.3 is 0 Å². The van der Waals surface area contributed by atoms with Crippen molar-refractivity contribution >= 4 is 25.6 Å². The molecule has 0 N–H and O–H groups in total. The van der Waals surface area contributed by atoms with Crippen LogP contribution in [0.5, 0.6) is 0 Å². The molecule has 118 valence electrons. The zero-order chi connectivity index (χ0) is 16.4. The number of aryl methyl sites for hydroxylation is 1. The number of amides is 1. The molecular formula is C14H19ClFNO3S. The van der Waals surface area contributed by atoms with Crippen molar-refractivity contribution in [3.63, 3.8) is 0 Å². The number of hydrogen-bond donors (Lipinski definition) is 0. The molecule has 0 aliphatic rings. The van der Waals surface area contributed by atoms with Crippen molar-refractivity contribution in [1.82, 2.24) is 4.90 Å². The van der Waals surface area contributed by atoms with E-state index in [4.69, 9.17) is 10.7 Å². The minimum atomic E-state index is -4.02. The fraction of sp³-hybridized carbons (Fsp3) is 0.500. The summed E-state index contributed by atoms with van der Waals surface area (Å²) < 4.78 is 36.9. The second-order valence-corrected chi connectivity index (χ2v) is 7.77. The Kier molecular flexibility index (Phi) is 5.75. The Morgan fingerprint density at radius 3 is 2.48 bits per heavy atom. The maximum absolute atomic E-state index is 14.0. The van der Waals surface area contributed by atoms with E-state index < -0.39 is 20.8 Å². The second kappa shape index (κ2) is 6.75. The van der Waals surface area contributed by atoms with Crippen molar-refractivity contribution in [1.29, 1.82) is 0 Å². The average molecular weight is 336 g/mol. The highest BCUT2D eigenvalue weighted by atomic mass is 35.7. The normalized spacial score (nSPS) is 13.0. The maximum Gasteiger partial charge on any atom is 0.261 e. The van der Waals surface area contributed by atoms with Crippen LogP contribution < -0.4 is 0 Å². The largest absolute Gasteiger partial charge is 0.341 e. The van der Waals surface area contributed by atoms with Gasteiger partial charge < -0.3 is 4.90 Å². The van der Waals surface area contributed by atoms with E-state index in [9.17, 15) is 17.6 Å². The van der Waals surface area contributed by atoms with E-state index in [1.807, 2.05) is 13.8 Å². The number of carbonyl (C=O) groups excluding carboxylic acids is 1. The van der Waals surface area contributed by atoms with Gasteiger partial charge in [0.15, 0.2) is 0 Å². The second-order valence-electron chi connectivity index (χ2n) is 5.23. The van der Waals surface area contributed by atoms with Crippen molar-refractivity contribution < 1.29 is 17.6 Å². The molecule has 1 rings (SSSR count). The molecule has 1 unspecified atom stereocenters. The molecule has 0 saturated heterocycles. The van der Waals surface area contributed by atoms with E-state index in [1.165, 1.54) is 11.8 Å². The number of rotatable bonds is 5. The average Bonchev–Trinajstić information content (AvgIpc) is 2.36. The zero-order valence-electron chi connectivity index (χ0n) is 12.5. The number of nitrogens with zero attached hydrogens (tertiary/aromatic N) is 1. The molecule has 0 aliphatic heterocycles. The standard InChI is InChI=1S/C14H19ClFNO3S/c1-5-9(2)8-17(4)14(18)11-7-13(21(15,19)20)10(3)6-12(11)16/h6-7,9H,5,8H2,1-4H3. The van der Waals surface area contributed by atoms with Crippen LogP contribution in [-0.4, -0.2) is 32.8 Å². The molecule has 0 bridgehead atoms. The van der Waals surface area contributed by atoms with E-state index >= 15 is 0 Å². The number of halogens is 2. The van der Waals surface area contributed by atoms with Gasteiger partial charge in [0.25, 0.3) is 15.0 Å². The Hall–Kier alpha value is -1.14. The summed E-state index contributed by atoms with van der Waals surface area (Å²) in [6.07, 6.45) is 0.884. The molecule has 1 aromatic carbocycles. The van der Waals surface area contributed by atoms with E-state index in [0.29, 0.717) is 6.54 Å². The Balaban J connectivity index is 3.22. The van der Waals surface area contributed by atoms with Crippen LogP contribution in [0.2, 0.25) is 0 Å². The summed E-state index contributed by atoms with van der Waals surface area (Å²) in [6, 6.07) is 2.02. The SMILES string of the molecule is CCC(C)CN(C)C(=O)c1cc(S(=O)(=O)Cl)c(C)cc1F. The van der Waals surface area contributed by atoms with Crippen molar-refractivity contribution in [3.05, 3.63) is 29.1 Å². The smallest absolute Gasteiger partial charge is 0.261 e. The summed E-state index contributed by atoms with van der Waals surface area (Å²) in [5.41, 5.74) is -0.116. The fourth-order valence-corrected chi connectivity index (χ4v) is 3.17. The van der Waals surface area contributed by atoms with Gasteiger partial charge in [-0.25, -0.2) is 12.8 Å². The van der Waals surface area contributed by atoms with Crippen molar-refractivity contribution in [3.8, 4) is 0 Å². The third-order valence-electron chi connectivity index (χ3n) is 3.39. The summed E-state index contributed by atoms with van der Waals surface area (Å²) >= 11 is 0. The third-order valence-corrected chi connectivity index (χ3v) is 4.85. The van der Waals surface area contributed by atoms with Crippen LogP contribution in [0.15, 0.2) is 17.0 Å². The van der Waals surface area contributed by atoms with Gasteiger partial charge in [-0.1, -0.05) is 20.3 Å². The first-order chi connectivity index (χ1) is 9.57. The van der Waals surface area contributed by atoms with Gasteiger partial charge in [0.05, 0.1) is 10.5 Å². The first-order valence-electron chi connectivity index (χ1n) is 6.58. The monoisotopic (exact) mass is 335 g/mol. The highest BCUT2D eigenvalue weighted by Crippen LogP contribution is 2.24. The van der Waals surface area contributed by atoms with Crippen LogP contribution in [-0.2, 0) is 9.05 Å². The van der Waals surface area contributed by atoms with E-state index in [-0.39, 0.29) is 21.9 Å². The number of carbonyl (C=O) groups is 1. The van der Waals surface area contributed by atoms with Gasteiger partial charge in [0.2, 0.25) is 0 Å². The zero-order valence-corrected chi connectivity index (χ0v) is 14.1. The third kappa shape index (κ3) is 4.41. The van der Waals surface area contributed by atoms with Gasteiger partial charge in [-0.2, -0.15) is 0 Å². The molecule has 0 aromatic heterocycles. The van der Waals surface area contributed by atoms with Gasteiger partial charge in [-0.15, -0.1) is 0 Å². The van der Waals surface area contributed by atoms with Crippen LogP contribution in [0, 0.1) is 18.7 Å². The summed E-state index contributed by atoms with van der Waals surface area (Å²) in [7, 11) is 2.84. The van der Waals surface area contributed by atoms with Crippen molar-refractivity contribution in [2.75, 3.05) is 13.6 Å². The molecule has 1 amide bonds. The predicted molar refractivity (Wildman–Crippen MR) is 80.6 cm³/mol. The molecular weight excluding hydrogens is 317 g/mol. The molecule has 0 spiro atoms. The Morgan fingerprint density at radius 2 is 2.00 bits per heavy atom. The highest BCUT2D eigenvalue weighted by molar-refractivity contribution is 8.13. The highest BCUT2D eigenvalue weighted by Gasteiger charge is 2.23. The molecule has 0 heterocycles. The van der Waals surface area contributed by atoms with E-state index in [0.717, 1.165) is 18.6 Å². The van der Waals surface area contributed by atoms with E-state index in [1.54, 1.807) is 7.05 Å². The number of benzene rings is 1. The van der Waals surface area contributed by atoms with Crippen LogP contribution in [0.25, 0.3) is 0 Å². The minimum Gasteiger partial charge on any atom is -0.341 e. The summed E-state index contributed by atoms with van der Waals surface area (Å²) in [5.74, 6) is -1.05. The maximum atomic E-state index is 14.0. The van der Waals surface area contributed by atoms with Crippen LogP contribution in [0.1, 0.15) is 36.2 Å². The predicted octanol–water partition coefficient (Wildman–Crippen LogP) is 3.18. The van der Waals surface area contributed by atoms with E-state index in [2.05, 4.69) is 0 Å². The van der Waals surface area contributed by atoms with Gasteiger partial charge in [-0.05, 0) is 30.5 Å². The summed E-state index contributed by atoms with van der Waals surface area (Å²) in [5, 5.41) is 0. The fourth-order valence-electron chi connectivity index (χ4n) is 1.96. The molecule has 7 heteroatoms. The Morgan fingerprint density at radius 1 is 1.43 bits per heavy atom. The lowest BCUT2D eigenvalue weighted by Gasteiger charge is -2.21. The molecule has 0 saturated carbocycles. The summed E-state index contributed by atoms with van der Waals surface area (Å²) in [6.45, 7) is 5.86. The van der Waals surface area contributed by atoms with Crippen molar-refractivity contribution in [2.24, 2.45) is 5.92 Å². The van der Waals surface area contributed by atoms with Gasteiger partial charge in [0.1, 0.15) is 5.82 Å². The molecule has 1 aromatic rings. The summed E-state index contributed by atoms with van der Waals surface area (Å²) in [4.78, 5) is 13.4. The lowest BCUT2D eigenvalue weighted by Crippen LogP contribution is -2.31. The van der Waals surface area contributed by atoms with Crippen molar-refractivity contribution in [2.45, 2.75) is 32.1 Å². The molecule has 0 fully saturated rings. The molecule has 21 heavy (non-hydrogen) atoms. The topological polar surface area (TPSA) is 54.5 Å². The van der Waals surface area contributed by atoms with Gasteiger partial charge in [0, 0.05) is 24.3 Å². The minimum absolute atomic E-state index is 0.170. The lowest BCUT2D eigenvalue weighted by molar-refractivity contribution is 0.0770. The molecule has 1 atom stereocenters. The first kappa shape index (κ1) is 17.9. The van der Waals surface area contributed by atoms with Crippen LogP contribution >= 0.6 is 10.7 Å². The first-order valence-corrected chi connectivity index (χ1v) is 8.89. The molecule has 0 aliphatic carbocycles.